The molecule has 0 radical (unpaired) electrons. The van der Waals surface area contributed by atoms with Crippen LogP contribution in [-0.2, 0) is 0 Å². The van der Waals surface area contributed by atoms with Gasteiger partial charge < -0.3 is 13.7 Å². The van der Waals surface area contributed by atoms with E-state index in [1.165, 1.54) is 12.1 Å². The molecule has 0 aliphatic heterocycles. The van der Waals surface area contributed by atoms with Crippen molar-refractivity contribution in [3.63, 3.8) is 0 Å². The second-order valence-corrected chi connectivity index (χ2v) is 1.93. The summed E-state index contributed by atoms with van der Waals surface area (Å²) in [5.74, 6) is -0.931. The van der Waals surface area contributed by atoms with Crippen molar-refractivity contribution in [2.45, 2.75) is 0 Å². The minimum Gasteiger partial charge on any atom is -1.00 e. The monoisotopic (exact) mass is 163 g/mol. The van der Waals surface area contributed by atoms with Gasteiger partial charge in [0.1, 0.15) is 0 Å². The number of carboxylic acid groups (broad SMARTS) is 1. The van der Waals surface area contributed by atoms with Crippen LogP contribution in [0.3, 0.4) is 0 Å². The Morgan fingerprint density at radius 1 is 1.36 bits per heavy atom. The number of carbonyl (C=O) groups is 1. The third-order valence-electron chi connectivity index (χ3n) is 1.16. The van der Waals surface area contributed by atoms with Crippen LogP contribution >= 0.6 is 0 Å². The first-order valence-corrected chi connectivity index (χ1v) is 2.79. The number of rotatable bonds is 1. The summed E-state index contributed by atoms with van der Waals surface area (Å²) in [5, 5.41) is 8.43. The van der Waals surface area contributed by atoms with E-state index in [2.05, 4.69) is 0 Å². The molecule has 0 saturated carbocycles. The predicted molar refractivity (Wildman–Crippen MR) is 45.8 cm³/mol. The quantitative estimate of drug-likeness (QED) is 0.476. The van der Waals surface area contributed by atoms with Gasteiger partial charge in [-0.2, -0.15) is 0 Å². The van der Waals surface area contributed by atoms with Gasteiger partial charge in [0.2, 0.25) is 0 Å². The number of nitrogen functional groups attached to an aromatic ring is 1. The second-order valence-electron chi connectivity index (χ2n) is 1.93. The van der Waals surface area contributed by atoms with Crippen molar-refractivity contribution in [3.05, 3.63) is 29.8 Å². The van der Waals surface area contributed by atoms with Crippen LogP contribution < -0.4 is 5.73 Å². The maximum Gasteiger partial charge on any atom is 2.00 e. The Bertz CT molecular complexity index is 253. The number of hydrogen-bond acceptors (Lipinski definition) is 2. The van der Waals surface area contributed by atoms with Crippen molar-refractivity contribution in [3.8, 4) is 0 Å². The van der Waals surface area contributed by atoms with Gasteiger partial charge in [-0.05, 0) is 24.3 Å². The summed E-state index contributed by atoms with van der Waals surface area (Å²) in [6, 6.07) is 6.06. The number of benzene rings is 1. The van der Waals surface area contributed by atoms with Crippen molar-refractivity contribution in [1.82, 2.24) is 0 Å². The van der Waals surface area contributed by atoms with Gasteiger partial charge in [0, 0.05) is 5.69 Å². The van der Waals surface area contributed by atoms with Gasteiger partial charge in [-0.25, -0.2) is 4.79 Å². The van der Waals surface area contributed by atoms with Crippen LogP contribution in [-0.4, -0.2) is 34.1 Å². The molecule has 11 heavy (non-hydrogen) atoms. The van der Waals surface area contributed by atoms with Crippen LogP contribution in [0.15, 0.2) is 24.3 Å². The van der Waals surface area contributed by atoms with Gasteiger partial charge in [-0.3, -0.25) is 0 Å². The summed E-state index contributed by atoms with van der Waals surface area (Å²) in [6.45, 7) is 0. The molecule has 3 nitrogen and oxygen atoms in total. The molecule has 3 N–H and O–H groups in total. The van der Waals surface area contributed by atoms with Crippen molar-refractivity contribution < 1.29 is 12.8 Å². The Labute approximate surface area is 83.3 Å². The van der Waals surface area contributed by atoms with Gasteiger partial charge in [0.15, 0.2) is 0 Å². The predicted octanol–water partition coefficient (Wildman–Crippen LogP) is 0.811. The van der Waals surface area contributed by atoms with Crippen molar-refractivity contribution in [2.75, 3.05) is 5.73 Å². The molecular weight excluding hydrogens is 154 g/mol. The fourth-order valence-corrected chi connectivity index (χ4v) is 0.626. The molecule has 0 aliphatic carbocycles. The first-order chi connectivity index (χ1) is 4.70. The smallest absolute Gasteiger partial charge is 1.00 e. The summed E-state index contributed by atoms with van der Waals surface area (Å²) in [6.07, 6.45) is 0. The molecule has 4 heteroatoms. The van der Waals surface area contributed by atoms with E-state index >= 15 is 0 Å². The van der Waals surface area contributed by atoms with E-state index < -0.39 is 5.97 Å². The van der Waals surface area contributed by atoms with Gasteiger partial charge in [-0.1, -0.05) is 0 Å². The molecule has 1 aromatic rings. The molecule has 1 aromatic carbocycles. The topological polar surface area (TPSA) is 63.3 Å². The zero-order valence-electron chi connectivity index (χ0n) is 7.95. The van der Waals surface area contributed by atoms with Gasteiger partial charge in [0.25, 0.3) is 0 Å². The van der Waals surface area contributed by atoms with Crippen LogP contribution in [0.5, 0.6) is 0 Å². The molecule has 0 saturated heterocycles. The van der Waals surface area contributed by atoms with Crippen molar-refractivity contribution >= 4 is 34.7 Å². The zero-order valence-corrected chi connectivity index (χ0v) is 7.36. The van der Waals surface area contributed by atoms with Crippen molar-refractivity contribution in [2.24, 2.45) is 0 Å². The summed E-state index contributed by atoms with van der Waals surface area (Å²) < 4.78 is 0. The zero-order chi connectivity index (χ0) is 7.56. The number of anilines is 1. The Kier molecular flexibility index (Phi) is 3.92. The molecule has 0 aliphatic rings. The van der Waals surface area contributed by atoms with Crippen LogP contribution in [0.4, 0.5) is 5.69 Å². The maximum atomic E-state index is 10.3. The standard InChI is InChI=1S/C7H7NO2.Mg.2H/c8-6-3-1-5(2-4-6)7(9)10;;;/h1-4H,8H2,(H,9,10);;;/q;+2;2*-1. The van der Waals surface area contributed by atoms with Crippen LogP contribution in [0.1, 0.15) is 13.2 Å². The number of aromatic carboxylic acids is 1. The van der Waals surface area contributed by atoms with E-state index in [1.807, 2.05) is 0 Å². The van der Waals surface area contributed by atoms with E-state index in [-0.39, 0.29) is 31.5 Å². The molecule has 0 spiro atoms. The molecular formula is C7H9MgNO2. The number of hydrogen-bond donors (Lipinski definition) is 2. The van der Waals surface area contributed by atoms with Crippen LogP contribution in [0, 0.1) is 0 Å². The number of carboxylic acids is 1. The third-order valence-corrected chi connectivity index (χ3v) is 1.16. The first-order valence-electron chi connectivity index (χ1n) is 2.79. The van der Waals surface area contributed by atoms with Gasteiger partial charge >= 0.3 is 29.0 Å². The van der Waals surface area contributed by atoms with E-state index in [4.69, 9.17) is 10.8 Å². The molecule has 0 aromatic heterocycles. The Morgan fingerprint density at radius 3 is 2.18 bits per heavy atom. The molecule has 56 valence electrons. The Hall–Kier alpha value is -0.744. The molecule has 0 unspecified atom stereocenters. The van der Waals surface area contributed by atoms with E-state index in [9.17, 15) is 4.79 Å². The third kappa shape index (κ3) is 2.77. The largest absolute Gasteiger partial charge is 2.00 e. The molecule has 0 heterocycles. The minimum atomic E-state index is -0.931. The normalized spacial score (nSPS) is 8.36. The van der Waals surface area contributed by atoms with Gasteiger partial charge in [-0.15, -0.1) is 0 Å². The van der Waals surface area contributed by atoms with E-state index in [1.54, 1.807) is 12.1 Å². The fraction of sp³-hybridized carbons (Fsp3) is 0. The van der Waals surface area contributed by atoms with Crippen molar-refractivity contribution in [1.29, 1.82) is 0 Å². The summed E-state index contributed by atoms with van der Waals surface area (Å²) in [5.41, 5.74) is 6.17. The SMILES string of the molecule is Nc1ccc(C(=O)O)cc1.[H-].[H-].[Mg+2]. The second kappa shape index (κ2) is 4.20. The molecule has 0 bridgehead atoms. The average Bonchev–Trinajstić information content (AvgIpc) is 1.88. The van der Waals surface area contributed by atoms with Gasteiger partial charge in [0.05, 0.1) is 5.56 Å². The van der Waals surface area contributed by atoms with Crippen LogP contribution in [0.2, 0.25) is 0 Å². The molecule has 0 fully saturated rings. The Morgan fingerprint density at radius 2 is 1.82 bits per heavy atom. The first kappa shape index (κ1) is 10.3. The molecule has 1 rings (SSSR count). The van der Waals surface area contributed by atoms with Crippen LogP contribution in [0.25, 0.3) is 0 Å². The van der Waals surface area contributed by atoms with E-state index in [0.29, 0.717) is 5.69 Å². The maximum absolute atomic E-state index is 10.3. The molecule has 0 atom stereocenters. The fourth-order valence-electron chi connectivity index (χ4n) is 0.626. The summed E-state index contributed by atoms with van der Waals surface area (Å²) >= 11 is 0. The molecule has 0 amide bonds. The summed E-state index contributed by atoms with van der Waals surface area (Å²) in [7, 11) is 0. The minimum absolute atomic E-state index is 0. The average molecular weight is 163 g/mol. The Balaban J connectivity index is -0.000000333. The van der Waals surface area contributed by atoms with E-state index in [0.717, 1.165) is 0 Å². The number of nitrogens with two attached hydrogens (primary N) is 1. The summed E-state index contributed by atoms with van der Waals surface area (Å²) in [4.78, 5) is 10.3.